The summed E-state index contributed by atoms with van der Waals surface area (Å²) in [4.78, 5) is 0. The normalized spacial score (nSPS) is 21.1. The van der Waals surface area contributed by atoms with E-state index in [9.17, 15) is 0 Å². The van der Waals surface area contributed by atoms with Crippen LogP contribution in [-0.4, -0.2) is 0 Å². The van der Waals surface area contributed by atoms with Gasteiger partial charge in [-0.1, -0.05) is 42.8 Å². The lowest BCUT2D eigenvalue weighted by Crippen LogP contribution is -2.24. The number of benzene rings is 2. The van der Waals surface area contributed by atoms with Crippen LogP contribution in [0.3, 0.4) is 0 Å². The first-order valence-electron chi connectivity index (χ1n) is 6.98. The first-order valence-corrected chi connectivity index (χ1v) is 7.35. The van der Waals surface area contributed by atoms with Crippen LogP contribution in [0.1, 0.15) is 42.2 Å². The van der Waals surface area contributed by atoms with Crippen LogP contribution in [0.15, 0.2) is 42.5 Å². The Morgan fingerprint density at radius 1 is 1.20 bits per heavy atom. The van der Waals surface area contributed by atoms with Gasteiger partial charge < -0.3 is 10.5 Å². The van der Waals surface area contributed by atoms with Crippen molar-refractivity contribution in [3.05, 3.63) is 64.2 Å². The highest BCUT2D eigenvalue weighted by Gasteiger charge is 2.27. The average Bonchev–Trinajstić information content (AvgIpc) is 2.48. The molecule has 2 atom stereocenters. The highest BCUT2D eigenvalue weighted by molar-refractivity contribution is 6.30. The van der Waals surface area contributed by atoms with Gasteiger partial charge in [-0.25, -0.2) is 0 Å². The maximum Gasteiger partial charge on any atom is 0.126 e. The molecule has 2 N–H and O–H groups in total. The quantitative estimate of drug-likeness (QED) is 0.887. The molecule has 0 radical (unpaired) electrons. The fourth-order valence-electron chi connectivity index (χ4n) is 2.65. The third kappa shape index (κ3) is 2.54. The van der Waals surface area contributed by atoms with Gasteiger partial charge in [-0.15, -0.1) is 0 Å². The Kier molecular flexibility index (Phi) is 3.68. The van der Waals surface area contributed by atoms with Crippen molar-refractivity contribution in [2.24, 2.45) is 5.73 Å². The van der Waals surface area contributed by atoms with Crippen molar-refractivity contribution >= 4 is 11.6 Å². The van der Waals surface area contributed by atoms with Gasteiger partial charge in [0.15, 0.2) is 0 Å². The molecule has 0 spiro atoms. The van der Waals surface area contributed by atoms with E-state index in [1.54, 1.807) is 0 Å². The van der Waals surface area contributed by atoms with E-state index in [1.165, 1.54) is 11.1 Å². The summed E-state index contributed by atoms with van der Waals surface area (Å²) in [6.07, 6.45) is 1.84. The molecular weight excluding hydrogens is 270 g/mol. The molecule has 104 valence electrons. The molecule has 1 unspecified atom stereocenters. The van der Waals surface area contributed by atoms with Crippen LogP contribution in [0.4, 0.5) is 0 Å². The van der Waals surface area contributed by atoms with Gasteiger partial charge in [0, 0.05) is 23.0 Å². The average molecular weight is 288 g/mol. The summed E-state index contributed by atoms with van der Waals surface area (Å²) in [6, 6.07) is 14.2. The molecule has 0 bridgehead atoms. The first kappa shape index (κ1) is 13.5. The Balaban J connectivity index is 1.88. The van der Waals surface area contributed by atoms with E-state index in [0.717, 1.165) is 24.2 Å². The van der Waals surface area contributed by atoms with Crippen molar-refractivity contribution in [2.75, 3.05) is 0 Å². The van der Waals surface area contributed by atoms with Gasteiger partial charge in [-0.3, -0.25) is 0 Å². The highest BCUT2D eigenvalue weighted by Crippen LogP contribution is 2.40. The number of nitrogens with two attached hydrogens (primary N) is 1. The standard InChI is InChI=1S/C17H18ClNO/c1-2-11-3-5-12(6-4-11)17-10-15(19)14-9-13(18)7-8-16(14)20-17/h3-9,15,17H,2,10,19H2,1H3/t15-,17?/m1/s1. The van der Waals surface area contributed by atoms with Crippen LogP contribution in [-0.2, 0) is 6.42 Å². The molecule has 0 aliphatic carbocycles. The molecule has 1 aliphatic rings. The Morgan fingerprint density at radius 3 is 2.65 bits per heavy atom. The van der Waals surface area contributed by atoms with Gasteiger partial charge in [-0.05, 0) is 35.7 Å². The number of hydrogen-bond acceptors (Lipinski definition) is 2. The third-order valence-corrected chi connectivity index (χ3v) is 4.10. The van der Waals surface area contributed by atoms with Crippen LogP contribution in [0, 0.1) is 0 Å². The topological polar surface area (TPSA) is 35.2 Å². The summed E-state index contributed by atoms with van der Waals surface area (Å²) in [7, 11) is 0. The molecular formula is C17H18ClNO. The fourth-order valence-corrected chi connectivity index (χ4v) is 2.83. The second kappa shape index (κ2) is 5.47. The van der Waals surface area contributed by atoms with Crippen molar-refractivity contribution < 1.29 is 4.74 Å². The molecule has 3 heteroatoms. The highest BCUT2D eigenvalue weighted by atomic mass is 35.5. The van der Waals surface area contributed by atoms with Gasteiger partial charge in [0.1, 0.15) is 11.9 Å². The van der Waals surface area contributed by atoms with Crippen molar-refractivity contribution in [3.63, 3.8) is 0 Å². The molecule has 0 amide bonds. The number of aryl methyl sites for hydroxylation is 1. The van der Waals surface area contributed by atoms with Crippen molar-refractivity contribution in [1.82, 2.24) is 0 Å². The number of halogens is 1. The van der Waals surface area contributed by atoms with Crippen LogP contribution in [0.2, 0.25) is 5.02 Å². The van der Waals surface area contributed by atoms with Crippen LogP contribution < -0.4 is 10.5 Å². The van der Waals surface area contributed by atoms with E-state index in [0.29, 0.717) is 5.02 Å². The molecule has 0 saturated carbocycles. The second-order valence-electron chi connectivity index (χ2n) is 5.23. The zero-order chi connectivity index (χ0) is 14.1. The van der Waals surface area contributed by atoms with Crippen LogP contribution >= 0.6 is 11.6 Å². The third-order valence-electron chi connectivity index (χ3n) is 3.87. The van der Waals surface area contributed by atoms with Gasteiger partial charge in [-0.2, -0.15) is 0 Å². The molecule has 1 aliphatic heterocycles. The van der Waals surface area contributed by atoms with E-state index in [-0.39, 0.29) is 12.1 Å². The minimum Gasteiger partial charge on any atom is -0.485 e. The molecule has 20 heavy (non-hydrogen) atoms. The second-order valence-corrected chi connectivity index (χ2v) is 5.66. The molecule has 1 heterocycles. The molecule has 3 rings (SSSR count). The lowest BCUT2D eigenvalue weighted by molar-refractivity contribution is 0.161. The molecule has 2 aromatic rings. The summed E-state index contributed by atoms with van der Waals surface area (Å²) in [6.45, 7) is 2.15. The SMILES string of the molecule is CCc1ccc(C2C[C@@H](N)c3cc(Cl)ccc3O2)cc1. The van der Waals surface area contributed by atoms with Crippen molar-refractivity contribution in [3.8, 4) is 5.75 Å². The van der Waals surface area contributed by atoms with E-state index in [1.807, 2.05) is 18.2 Å². The lowest BCUT2D eigenvalue weighted by atomic mass is 9.93. The van der Waals surface area contributed by atoms with E-state index in [2.05, 4.69) is 31.2 Å². The summed E-state index contributed by atoms with van der Waals surface area (Å²) in [5, 5.41) is 0.702. The Labute approximate surface area is 124 Å². The van der Waals surface area contributed by atoms with Gasteiger partial charge in [0.05, 0.1) is 0 Å². The van der Waals surface area contributed by atoms with E-state index < -0.39 is 0 Å². The number of hydrogen-bond donors (Lipinski definition) is 1. The summed E-state index contributed by atoms with van der Waals surface area (Å²) >= 11 is 6.02. The Hall–Kier alpha value is -1.51. The Bertz CT molecular complexity index is 609. The summed E-state index contributed by atoms with van der Waals surface area (Å²) in [5.41, 5.74) is 9.77. The van der Waals surface area contributed by atoms with Crippen molar-refractivity contribution in [1.29, 1.82) is 0 Å². The van der Waals surface area contributed by atoms with Crippen LogP contribution in [0.25, 0.3) is 0 Å². The smallest absolute Gasteiger partial charge is 0.126 e. The summed E-state index contributed by atoms with van der Waals surface area (Å²) < 4.78 is 6.08. The maximum absolute atomic E-state index is 6.26. The largest absolute Gasteiger partial charge is 0.485 e. The number of ether oxygens (including phenoxy) is 1. The molecule has 2 aromatic carbocycles. The Morgan fingerprint density at radius 2 is 1.95 bits per heavy atom. The number of rotatable bonds is 2. The van der Waals surface area contributed by atoms with Crippen molar-refractivity contribution in [2.45, 2.75) is 31.9 Å². The zero-order valence-corrected chi connectivity index (χ0v) is 12.2. The first-order chi connectivity index (χ1) is 9.67. The minimum atomic E-state index is -0.0340. The van der Waals surface area contributed by atoms with Gasteiger partial charge in [0.2, 0.25) is 0 Å². The minimum absolute atomic E-state index is 0.0181. The van der Waals surface area contributed by atoms with Gasteiger partial charge >= 0.3 is 0 Å². The fraction of sp³-hybridized carbons (Fsp3) is 0.294. The molecule has 0 fully saturated rings. The maximum atomic E-state index is 6.26. The predicted octanol–water partition coefficient (Wildman–Crippen LogP) is 4.43. The van der Waals surface area contributed by atoms with E-state index in [4.69, 9.17) is 22.1 Å². The number of fused-ring (bicyclic) bond motifs is 1. The van der Waals surface area contributed by atoms with E-state index >= 15 is 0 Å². The lowest BCUT2D eigenvalue weighted by Gasteiger charge is -2.30. The molecule has 2 nitrogen and oxygen atoms in total. The predicted molar refractivity (Wildman–Crippen MR) is 82.2 cm³/mol. The monoisotopic (exact) mass is 287 g/mol. The molecule has 0 aromatic heterocycles. The van der Waals surface area contributed by atoms with Crippen LogP contribution in [0.5, 0.6) is 5.75 Å². The molecule has 0 saturated heterocycles. The van der Waals surface area contributed by atoms with Gasteiger partial charge in [0.25, 0.3) is 0 Å². The summed E-state index contributed by atoms with van der Waals surface area (Å²) in [5.74, 6) is 0.845. The zero-order valence-electron chi connectivity index (χ0n) is 11.5.